The normalized spacial score (nSPS) is 12.2. The Bertz CT molecular complexity index is 468. The summed E-state index contributed by atoms with van der Waals surface area (Å²) in [5.74, 6) is -0.742. The second-order valence-electron chi connectivity index (χ2n) is 4.85. The molecule has 112 valence electrons. The Kier molecular flexibility index (Phi) is 6.21. The molecule has 3 N–H and O–H groups in total. The lowest BCUT2D eigenvalue weighted by Gasteiger charge is -2.13. The fourth-order valence-electron chi connectivity index (χ4n) is 2.06. The van der Waals surface area contributed by atoms with Gasteiger partial charge in [0.1, 0.15) is 0 Å². The van der Waals surface area contributed by atoms with E-state index in [-0.39, 0.29) is 17.5 Å². The number of nitrogens with two attached hydrogens (primary N) is 1. The maximum atomic E-state index is 12.2. The number of hydrogen-bond donors (Lipinski definition) is 2. The molecule has 0 saturated carbocycles. The van der Waals surface area contributed by atoms with Crippen molar-refractivity contribution in [2.24, 2.45) is 11.7 Å². The molecule has 2 amide bonds. The van der Waals surface area contributed by atoms with E-state index in [2.05, 4.69) is 17.3 Å². The van der Waals surface area contributed by atoms with Crippen molar-refractivity contribution in [1.29, 1.82) is 0 Å². The molecule has 0 saturated heterocycles. The van der Waals surface area contributed by atoms with E-state index in [1.54, 1.807) is 10.9 Å². The Morgan fingerprint density at radius 2 is 2.10 bits per heavy atom. The van der Waals surface area contributed by atoms with Crippen LogP contribution in [-0.2, 0) is 11.3 Å². The molecule has 0 fully saturated rings. The molecule has 1 aromatic rings. The fourth-order valence-corrected chi connectivity index (χ4v) is 2.06. The zero-order chi connectivity index (χ0) is 15.1. The SMILES string of the molecule is CCCC[C@@H](CC)C(=O)Nc1cn(CC)nc1C(N)=O. The fraction of sp³-hybridized carbons (Fsp3) is 0.643. The predicted molar refractivity (Wildman–Crippen MR) is 78.4 cm³/mol. The Morgan fingerprint density at radius 3 is 2.60 bits per heavy atom. The molecule has 6 heteroatoms. The van der Waals surface area contributed by atoms with Gasteiger partial charge in [0.15, 0.2) is 5.69 Å². The van der Waals surface area contributed by atoms with Crippen LogP contribution in [0.3, 0.4) is 0 Å². The van der Waals surface area contributed by atoms with Crippen molar-refractivity contribution >= 4 is 17.5 Å². The highest BCUT2D eigenvalue weighted by Gasteiger charge is 2.20. The lowest BCUT2D eigenvalue weighted by molar-refractivity contribution is -0.120. The first-order valence-electron chi connectivity index (χ1n) is 7.21. The molecule has 0 unspecified atom stereocenters. The minimum Gasteiger partial charge on any atom is -0.364 e. The number of nitrogens with one attached hydrogen (secondary N) is 1. The third-order valence-corrected chi connectivity index (χ3v) is 3.35. The third-order valence-electron chi connectivity index (χ3n) is 3.35. The van der Waals surface area contributed by atoms with Crippen LogP contribution < -0.4 is 11.1 Å². The molecule has 0 aliphatic carbocycles. The summed E-state index contributed by atoms with van der Waals surface area (Å²) in [7, 11) is 0. The van der Waals surface area contributed by atoms with Gasteiger partial charge in [0, 0.05) is 18.7 Å². The van der Waals surface area contributed by atoms with Crippen LogP contribution in [0.15, 0.2) is 6.20 Å². The number of aryl methyl sites for hydroxylation is 1. The maximum Gasteiger partial charge on any atom is 0.271 e. The molecule has 0 radical (unpaired) electrons. The van der Waals surface area contributed by atoms with Crippen LogP contribution in [0.25, 0.3) is 0 Å². The Balaban J connectivity index is 2.83. The number of nitrogens with zero attached hydrogens (tertiary/aromatic N) is 2. The third kappa shape index (κ3) is 4.08. The van der Waals surface area contributed by atoms with Gasteiger partial charge in [-0.25, -0.2) is 0 Å². The molecule has 1 atom stereocenters. The zero-order valence-corrected chi connectivity index (χ0v) is 12.5. The summed E-state index contributed by atoms with van der Waals surface area (Å²) in [5, 5.41) is 6.84. The van der Waals surface area contributed by atoms with E-state index in [1.807, 2.05) is 13.8 Å². The molecule has 1 rings (SSSR count). The van der Waals surface area contributed by atoms with Gasteiger partial charge in [-0.3, -0.25) is 14.3 Å². The van der Waals surface area contributed by atoms with Gasteiger partial charge in [-0.15, -0.1) is 0 Å². The summed E-state index contributed by atoms with van der Waals surface area (Å²) in [4.78, 5) is 23.6. The van der Waals surface area contributed by atoms with Crippen molar-refractivity contribution < 1.29 is 9.59 Å². The number of unbranched alkanes of at least 4 members (excludes halogenated alkanes) is 1. The van der Waals surface area contributed by atoms with Gasteiger partial charge in [-0.1, -0.05) is 26.7 Å². The topological polar surface area (TPSA) is 90.0 Å². The second kappa shape index (κ2) is 7.67. The molecule has 1 heterocycles. The van der Waals surface area contributed by atoms with Gasteiger partial charge in [-0.2, -0.15) is 5.10 Å². The molecule has 0 spiro atoms. The van der Waals surface area contributed by atoms with Crippen molar-refractivity contribution in [3.05, 3.63) is 11.9 Å². The largest absolute Gasteiger partial charge is 0.364 e. The van der Waals surface area contributed by atoms with E-state index in [0.29, 0.717) is 12.2 Å². The van der Waals surface area contributed by atoms with E-state index in [0.717, 1.165) is 25.7 Å². The first-order valence-corrected chi connectivity index (χ1v) is 7.21. The minimum absolute atomic E-state index is 0.0411. The lowest BCUT2D eigenvalue weighted by Crippen LogP contribution is -2.24. The number of rotatable bonds is 8. The molecular weight excluding hydrogens is 256 g/mol. The van der Waals surface area contributed by atoms with Crippen LogP contribution in [0.5, 0.6) is 0 Å². The van der Waals surface area contributed by atoms with Gasteiger partial charge in [0.2, 0.25) is 5.91 Å². The van der Waals surface area contributed by atoms with Crippen molar-refractivity contribution in [2.75, 3.05) is 5.32 Å². The summed E-state index contributed by atoms with van der Waals surface area (Å²) in [6.45, 7) is 6.61. The zero-order valence-electron chi connectivity index (χ0n) is 12.5. The molecule has 20 heavy (non-hydrogen) atoms. The van der Waals surface area contributed by atoms with Crippen molar-refractivity contribution in [2.45, 2.75) is 53.0 Å². The van der Waals surface area contributed by atoms with E-state index >= 15 is 0 Å². The quantitative estimate of drug-likeness (QED) is 0.764. The average molecular weight is 280 g/mol. The van der Waals surface area contributed by atoms with Gasteiger partial charge < -0.3 is 11.1 Å². The molecule has 0 aliphatic heterocycles. The molecule has 0 bridgehead atoms. The van der Waals surface area contributed by atoms with E-state index in [1.165, 1.54) is 0 Å². The standard InChI is InChI=1S/C14H24N4O2/c1-4-7-8-10(5-2)14(20)16-11-9-18(6-3)17-12(11)13(15)19/h9-10H,4-8H2,1-3H3,(H2,15,19)(H,16,20)/t10-/m1/s1. The van der Waals surface area contributed by atoms with Gasteiger partial charge in [0.05, 0.1) is 5.69 Å². The van der Waals surface area contributed by atoms with E-state index in [4.69, 9.17) is 5.73 Å². The first-order chi connectivity index (χ1) is 9.53. The van der Waals surface area contributed by atoms with Crippen molar-refractivity contribution in [3.63, 3.8) is 0 Å². The number of amides is 2. The molecule has 0 aliphatic rings. The summed E-state index contributed by atoms with van der Waals surface area (Å²) < 4.78 is 1.59. The van der Waals surface area contributed by atoms with Crippen molar-refractivity contribution in [1.82, 2.24) is 9.78 Å². The summed E-state index contributed by atoms with van der Waals surface area (Å²) in [6, 6.07) is 0. The van der Waals surface area contributed by atoms with Gasteiger partial charge >= 0.3 is 0 Å². The Morgan fingerprint density at radius 1 is 1.40 bits per heavy atom. The van der Waals surface area contributed by atoms with E-state index in [9.17, 15) is 9.59 Å². The van der Waals surface area contributed by atoms with Crippen LogP contribution in [0.4, 0.5) is 5.69 Å². The van der Waals surface area contributed by atoms with E-state index < -0.39 is 5.91 Å². The minimum atomic E-state index is -0.630. The maximum absolute atomic E-state index is 12.2. The van der Waals surface area contributed by atoms with Gasteiger partial charge in [0.25, 0.3) is 5.91 Å². The summed E-state index contributed by atoms with van der Waals surface area (Å²) in [6.07, 6.45) is 5.35. The monoisotopic (exact) mass is 280 g/mol. The summed E-state index contributed by atoms with van der Waals surface area (Å²) in [5.41, 5.74) is 5.80. The second-order valence-corrected chi connectivity index (χ2v) is 4.85. The molecule has 6 nitrogen and oxygen atoms in total. The number of primary amides is 1. The number of aromatic nitrogens is 2. The Labute approximate surface area is 119 Å². The van der Waals surface area contributed by atoms with Crippen molar-refractivity contribution in [3.8, 4) is 0 Å². The van der Waals surface area contributed by atoms with Crippen LogP contribution >= 0.6 is 0 Å². The molecule has 1 aromatic heterocycles. The van der Waals surface area contributed by atoms with Crippen LogP contribution in [-0.4, -0.2) is 21.6 Å². The van der Waals surface area contributed by atoms with Crippen LogP contribution in [0.2, 0.25) is 0 Å². The summed E-state index contributed by atoms with van der Waals surface area (Å²) >= 11 is 0. The highest BCUT2D eigenvalue weighted by atomic mass is 16.2. The number of carbonyl (C=O) groups is 2. The highest BCUT2D eigenvalue weighted by molar-refractivity contribution is 6.01. The van der Waals surface area contributed by atoms with Gasteiger partial charge in [-0.05, 0) is 19.8 Å². The number of hydrogen-bond acceptors (Lipinski definition) is 3. The van der Waals surface area contributed by atoms with Crippen LogP contribution in [0.1, 0.15) is 56.9 Å². The number of carbonyl (C=O) groups excluding carboxylic acids is 2. The lowest BCUT2D eigenvalue weighted by atomic mass is 9.98. The highest BCUT2D eigenvalue weighted by Crippen LogP contribution is 2.18. The molecular formula is C14H24N4O2. The predicted octanol–water partition coefficient (Wildman–Crippen LogP) is 2.16. The average Bonchev–Trinajstić information content (AvgIpc) is 2.83. The van der Waals surface area contributed by atoms with Crippen LogP contribution in [0, 0.1) is 5.92 Å². The number of anilines is 1. The molecule has 0 aromatic carbocycles. The smallest absolute Gasteiger partial charge is 0.271 e. The Hall–Kier alpha value is -1.85. The first kappa shape index (κ1) is 16.2.